The summed E-state index contributed by atoms with van der Waals surface area (Å²) >= 11 is 2.42. The molecular weight excluding hydrogens is 512 g/mol. The highest BCUT2D eigenvalue weighted by Gasteiger charge is 2.12. The Kier molecular flexibility index (Phi) is 9.72. The lowest BCUT2D eigenvalue weighted by atomic mass is 9.98. The zero-order valence-electron chi connectivity index (χ0n) is 19.5. The summed E-state index contributed by atoms with van der Waals surface area (Å²) in [5.41, 5.74) is 4.95. The van der Waals surface area contributed by atoms with Crippen molar-refractivity contribution in [1.82, 2.24) is 14.9 Å². The number of hydrogen-bond acceptors (Lipinski definition) is 2. The highest BCUT2D eigenvalue weighted by atomic mass is 127. The summed E-state index contributed by atoms with van der Waals surface area (Å²) in [5.74, 6) is 1.39. The number of benzene rings is 2. The molecular formula is C27H35FIN3. The van der Waals surface area contributed by atoms with Crippen LogP contribution in [0.4, 0.5) is 4.39 Å². The van der Waals surface area contributed by atoms with E-state index in [-0.39, 0.29) is 5.82 Å². The van der Waals surface area contributed by atoms with E-state index in [2.05, 4.69) is 76.4 Å². The van der Waals surface area contributed by atoms with E-state index in [4.69, 9.17) is 0 Å². The molecule has 0 radical (unpaired) electrons. The van der Waals surface area contributed by atoms with Crippen LogP contribution in [0.1, 0.15) is 56.4 Å². The van der Waals surface area contributed by atoms with Crippen molar-refractivity contribution in [3.63, 3.8) is 0 Å². The third-order valence-electron chi connectivity index (χ3n) is 6.06. The first-order valence-electron chi connectivity index (χ1n) is 11.7. The Morgan fingerprint density at radius 3 is 2.62 bits per heavy atom. The van der Waals surface area contributed by atoms with Gasteiger partial charge in [-0.25, -0.2) is 9.37 Å². The van der Waals surface area contributed by atoms with Gasteiger partial charge < -0.3 is 9.88 Å². The molecule has 0 saturated carbocycles. The second-order valence-electron chi connectivity index (χ2n) is 8.78. The molecule has 2 aromatic carbocycles. The van der Waals surface area contributed by atoms with Crippen LogP contribution in [-0.4, -0.2) is 16.1 Å². The van der Waals surface area contributed by atoms with Crippen LogP contribution in [0.3, 0.4) is 0 Å². The molecule has 1 aromatic heterocycles. The Bertz CT molecular complexity index is 981. The SMILES string of the molecule is CCCCn1c(CNCCC(C)CCc2ccc(C)c(I)c2)cnc1-c1ccc(F)cc1. The fraction of sp³-hybridized carbons (Fsp3) is 0.444. The van der Waals surface area contributed by atoms with E-state index in [1.54, 1.807) is 0 Å². The molecule has 1 unspecified atom stereocenters. The van der Waals surface area contributed by atoms with Gasteiger partial charge in [0.15, 0.2) is 0 Å². The topological polar surface area (TPSA) is 29.9 Å². The molecule has 0 saturated heterocycles. The predicted molar refractivity (Wildman–Crippen MR) is 140 cm³/mol. The first kappa shape index (κ1) is 24.9. The summed E-state index contributed by atoms with van der Waals surface area (Å²) in [5, 5.41) is 3.62. The van der Waals surface area contributed by atoms with Crippen molar-refractivity contribution < 1.29 is 4.39 Å². The van der Waals surface area contributed by atoms with Crippen LogP contribution >= 0.6 is 22.6 Å². The highest BCUT2D eigenvalue weighted by molar-refractivity contribution is 14.1. The number of nitrogens with one attached hydrogen (secondary N) is 1. The Morgan fingerprint density at radius 1 is 1.12 bits per heavy atom. The summed E-state index contributed by atoms with van der Waals surface area (Å²) < 4.78 is 17.0. The Hall–Kier alpha value is -1.73. The summed E-state index contributed by atoms with van der Waals surface area (Å²) in [7, 11) is 0. The molecule has 0 spiro atoms. The first-order valence-corrected chi connectivity index (χ1v) is 12.8. The van der Waals surface area contributed by atoms with Gasteiger partial charge in [0.05, 0.1) is 11.9 Å². The van der Waals surface area contributed by atoms with Crippen LogP contribution < -0.4 is 5.32 Å². The molecule has 0 bridgehead atoms. The number of nitrogens with zero attached hydrogens (tertiary/aromatic N) is 2. The summed E-state index contributed by atoms with van der Waals surface area (Å²) in [4.78, 5) is 4.66. The van der Waals surface area contributed by atoms with Gasteiger partial charge in [-0.05, 0) is 109 Å². The van der Waals surface area contributed by atoms with Crippen molar-refractivity contribution in [2.75, 3.05) is 6.54 Å². The molecule has 32 heavy (non-hydrogen) atoms. The lowest BCUT2D eigenvalue weighted by molar-refractivity contribution is 0.465. The van der Waals surface area contributed by atoms with Crippen molar-refractivity contribution in [3.05, 3.63) is 74.9 Å². The lowest BCUT2D eigenvalue weighted by Gasteiger charge is -2.14. The molecule has 1 N–H and O–H groups in total. The number of imidazole rings is 1. The van der Waals surface area contributed by atoms with Gasteiger partial charge in [0.25, 0.3) is 0 Å². The average Bonchev–Trinajstić information content (AvgIpc) is 3.19. The molecule has 5 heteroatoms. The van der Waals surface area contributed by atoms with Crippen molar-refractivity contribution >= 4 is 22.6 Å². The Balaban J connectivity index is 1.50. The molecule has 172 valence electrons. The molecule has 0 fully saturated rings. The Labute approximate surface area is 206 Å². The van der Waals surface area contributed by atoms with Gasteiger partial charge >= 0.3 is 0 Å². The largest absolute Gasteiger partial charge is 0.327 e. The number of rotatable bonds is 12. The molecule has 0 aliphatic carbocycles. The maximum atomic E-state index is 13.3. The van der Waals surface area contributed by atoms with E-state index in [1.807, 2.05) is 18.3 Å². The summed E-state index contributed by atoms with van der Waals surface area (Å²) in [6.07, 6.45) is 7.71. The van der Waals surface area contributed by atoms with Gasteiger partial charge in [0.2, 0.25) is 0 Å². The van der Waals surface area contributed by atoms with E-state index in [0.717, 1.165) is 56.7 Å². The van der Waals surface area contributed by atoms with Crippen LogP contribution in [0.2, 0.25) is 0 Å². The molecule has 0 aliphatic heterocycles. The van der Waals surface area contributed by atoms with Gasteiger partial charge in [-0.3, -0.25) is 0 Å². The maximum absolute atomic E-state index is 13.3. The molecule has 3 rings (SSSR count). The highest BCUT2D eigenvalue weighted by Crippen LogP contribution is 2.21. The van der Waals surface area contributed by atoms with Crippen molar-refractivity contribution in [1.29, 1.82) is 0 Å². The minimum atomic E-state index is -0.214. The second-order valence-corrected chi connectivity index (χ2v) is 9.94. The van der Waals surface area contributed by atoms with Crippen molar-refractivity contribution in [3.8, 4) is 11.4 Å². The van der Waals surface area contributed by atoms with Crippen LogP contribution in [0.5, 0.6) is 0 Å². The number of aromatic nitrogens is 2. The second kappa shape index (κ2) is 12.5. The maximum Gasteiger partial charge on any atom is 0.140 e. The molecule has 1 atom stereocenters. The zero-order valence-corrected chi connectivity index (χ0v) is 21.7. The molecule has 1 heterocycles. The smallest absolute Gasteiger partial charge is 0.140 e. The summed E-state index contributed by atoms with van der Waals surface area (Å²) in [6.45, 7) is 9.45. The standard InChI is InChI=1S/C27H35FIN3/c1-4-5-16-32-25(19-31-27(32)23-10-12-24(28)13-11-23)18-30-15-14-20(2)6-8-22-9-7-21(3)26(29)17-22/h7,9-13,17,19-20,30H,4-6,8,14-16,18H2,1-3H3. The third-order valence-corrected chi connectivity index (χ3v) is 7.22. The van der Waals surface area contributed by atoms with Gasteiger partial charge in [0, 0.05) is 22.2 Å². The average molecular weight is 548 g/mol. The normalized spacial score (nSPS) is 12.3. The Morgan fingerprint density at radius 2 is 1.91 bits per heavy atom. The number of aryl methyl sites for hydroxylation is 2. The fourth-order valence-corrected chi connectivity index (χ4v) is 4.44. The van der Waals surface area contributed by atoms with Crippen LogP contribution in [-0.2, 0) is 19.5 Å². The van der Waals surface area contributed by atoms with E-state index in [0.29, 0.717) is 5.92 Å². The van der Waals surface area contributed by atoms with Crippen LogP contribution in [0.15, 0.2) is 48.7 Å². The third kappa shape index (κ3) is 7.14. The van der Waals surface area contributed by atoms with Crippen LogP contribution in [0, 0.1) is 22.2 Å². The lowest BCUT2D eigenvalue weighted by Crippen LogP contribution is -2.19. The minimum absolute atomic E-state index is 0.214. The van der Waals surface area contributed by atoms with Gasteiger partial charge in [0.1, 0.15) is 11.6 Å². The molecule has 3 aromatic rings. The van der Waals surface area contributed by atoms with Crippen molar-refractivity contribution in [2.24, 2.45) is 5.92 Å². The minimum Gasteiger partial charge on any atom is -0.327 e. The fourth-order valence-electron chi connectivity index (χ4n) is 3.86. The van der Waals surface area contributed by atoms with Gasteiger partial charge in [-0.1, -0.05) is 32.4 Å². The van der Waals surface area contributed by atoms with Crippen molar-refractivity contribution in [2.45, 2.75) is 66.0 Å². The zero-order chi connectivity index (χ0) is 22.9. The number of hydrogen-bond donors (Lipinski definition) is 1. The molecule has 0 aliphatic rings. The molecule has 0 amide bonds. The van der Waals surface area contributed by atoms with E-state index >= 15 is 0 Å². The van der Waals surface area contributed by atoms with Gasteiger partial charge in [-0.15, -0.1) is 0 Å². The quantitative estimate of drug-likeness (QED) is 0.193. The van der Waals surface area contributed by atoms with Crippen LogP contribution in [0.25, 0.3) is 11.4 Å². The first-order chi connectivity index (χ1) is 15.5. The summed E-state index contributed by atoms with van der Waals surface area (Å²) in [6, 6.07) is 13.4. The van der Waals surface area contributed by atoms with E-state index < -0.39 is 0 Å². The number of halogens is 2. The predicted octanol–water partition coefficient (Wildman–Crippen LogP) is 7.15. The van der Waals surface area contributed by atoms with E-state index in [9.17, 15) is 4.39 Å². The molecule has 3 nitrogen and oxygen atoms in total. The van der Waals surface area contributed by atoms with Gasteiger partial charge in [-0.2, -0.15) is 0 Å². The monoisotopic (exact) mass is 547 g/mol. The number of unbranched alkanes of at least 4 members (excludes halogenated alkanes) is 1. The van der Waals surface area contributed by atoms with E-state index in [1.165, 1.54) is 38.9 Å².